The van der Waals surface area contributed by atoms with Gasteiger partial charge >= 0.3 is 0 Å². The number of amides is 1. The monoisotopic (exact) mass is 455 g/mol. The van der Waals surface area contributed by atoms with Gasteiger partial charge in [-0.3, -0.25) is 4.79 Å². The number of rotatable bonds is 8. The van der Waals surface area contributed by atoms with Gasteiger partial charge in [0.1, 0.15) is 5.75 Å². The Bertz CT molecular complexity index is 784. The Balaban J connectivity index is 0.00000225. The van der Waals surface area contributed by atoms with Crippen LogP contribution in [0.4, 0.5) is 11.4 Å². The number of nitrogens with two attached hydrogens (primary N) is 1. The predicted molar refractivity (Wildman–Crippen MR) is 126 cm³/mol. The first-order valence-electron chi connectivity index (χ1n) is 9.82. The van der Waals surface area contributed by atoms with Crippen molar-refractivity contribution in [2.24, 2.45) is 5.73 Å². The van der Waals surface area contributed by atoms with Crippen LogP contribution in [0.25, 0.3) is 0 Å². The van der Waals surface area contributed by atoms with Crippen molar-refractivity contribution in [1.29, 1.82) is 0 Å². The summed E-state index contributed by atoms with van der Waals surface area (Å²) in [5, 5.41) is 3.35. The number of nitrogens with one attached hydrogen (secondary N) is 1. The zero-order valence-corrected chi connectivity index (χ0v) is 18.8. The van der Waals surface area contributed by atoms with Gasteiger partial charge in [0.15, 0.2) is 0 Å². The second-order valence-electron chi connectivity index (χ2n) is 6.91. The number of ether oxygens (including phenoxy) is 2. The molecule has 30 heavy (non-hydrogen) atoms. The largest absolute Gasteiger partial charge is 0.497 e. The zero-order chi connectivity index (χ0) is 19.8. The van der Waals surface area contributed by atoms with Gasteiger partial charge in [0.05, 0.1) is 24.5 Å². The normalized spacial score (nSPS) is 13.7. The summed E-state index contributed by atoms with van der Waals surface area (Å²) in [7, 11) is 1.64. The van der Waals surface area contributed by atoms with Gasteiger partial charge in [-0.15, -0.1) is 24.8 Å². The van der Waals surface area contributed by atoms with E-state index in [2.05, 4.69) is 5.32 Å². The van der Waals surface area contributed by atoms with E-state index in [-0.39, 0.29) is 36.8 Å². The van der Waals surface area contributed by atoms with Crippen LogP contribution in [0.15, 0.2) is 48.5 Å². The molecular weight excluding hydrogens is 425 g/mol. The molecule has 0 bridgehead atoms. The van der Waals surface area contributed by atoms with E-state index in [1.165, 1.54) is 0 Å². The quantitative estimate of drug-likeness (QED) is 0.581. The third-order valence-electron chi connectivity index (χ3n) is 4.94. The summed E-state index contributed by atoms with van der Waals surface area (Å²) >= 11 is 0. The van der Waals surface area contributed by atoms with Crippen LogP contribution in [0.2, 0.25) is 0 Å². The van der Waals surface area contributed by atoms with Gasteiger partial charge in [-0.1, -0.05) is 18.2 Å². The number of hydrogen-bond donors (Lipinski definition) is 2. The molecule has 1 aliphatic rings. The van der Waals surface area contributed by atoms with Crippen LogP contribution in [-0.4, -0.2) is 50.3 Å². The molecule has 0 unspecified atom stereocenters. The number of carbonyl (C=O) groups excluding carboxylic acids is 1. The van der Waals surface area contributed by atoms with Crippen LogP contribution < -0.4 is 15.8 Å². The standard InChI is InChI=1S/C22H29N3O3.2ClH/c1-27-19-7-4-6-17(16-19)24-21-9-3-2-8-20(21)22(26)25-13-10-18(11-14-25)28-15-5-12-23;;/h2-4,6-9,16,18,24H,5,10-15,23H2,1H3;2*1H. The first-order valence-corrected chi connectivity index (χ1v) is 9.82. The second kappa shape index (κ2) is 13.3. The van der Waals surface area contributed by atoms with Crippen molar-refractivity contribution in [1.82, 2.24) is 4.90 Å². The number of halogens is 2. The molecule has 0 atom stereocenters. The van der Waals surface area contributed by atoms with Gasteiger partial charge in [0.2, 0.25) is 0 Å². The lowest BCUT2D eigenvalue weighted by Crippen LogP contribution is -2.41. The maximum atomic E-state index is 13.1. The summed E-state index contributed by atoms with van der Waals surface area (Å²) < 4.78 is 11.1. The number of carbonyl (C=O) groups is 1. The number of anilines is 2. The second-order valence-corrected chi connectivity index (χ2v) is 6.91. The van der Waals surface area contributed by atoms with Crippen molar-refractivity contribution in [3.05, 3.63) is 54.1 Å². The first-order chi connectivity index (χ1) is 13.7. The minimum absolute atomic E-state index is 0. The van der Waals surface area contributed by atoms with E-state index in [0.717, 1.165) is 36.4 Å². The Labute approximate surface area is 190 Å². The Kier molecular flexibility index (Phi) is 11.6. The van der Waals surface area contributed by atoms with Gasteiger partial charge in [-0.2, -0.15) is 0 Å². The average Bonchev–Trinajstić information content (AvgIpc) is 2.74. The molecule has 0 aliphatic carbocycles. The molecular formula is C22H31Cl2N3O3. The van der Waals surface area contributed by atoms with E-state index < -0.39 is 0 Å². The molecule has 0 aromatic heterocycles. The van der Waals surface area contributed by atoms with Gasteiger partial charge in [0, 0.05) is 31.5 Å². The molecule has 3 rings (SSSR count). The lowest BCUT2D eigenvalue weighted by molar-refractivity contribution is 0.00847. The third-order valence-corrected chi connectivity index (χ3v) is 4.94. The summed E-state index contributed by atoms with van der Waals surface area (Å²) in [6, 6.07) is 15.3. The Morgan fingerprint density at radius 3 is 2.57 bits per heavy atom. The Hall–Kier alpha value is -1.99. The maximum Gasteiger partial charge on any atom is 0.255 e. The molecule has 166 valence electrons. The number of benzene rings is 2. The van der Waals surface area contributed by atoms with Crippen LogP contribution in [0, 0.1) is 0 Å². The molecule has 3 N–H and O–H groups in total. The number of hydrogen-bond acceptors (Lipinski definition) is 5. The van der Waals surface area contributed by atoms with Gasteiger partial charge in [-0.05, 0) is 50.1 Å². The molecule has 0 spiro atoms. The molecule has 0 saturated carbocycles. The third kappa shape index (κ3) is 7.06. The fourth-order valence-electron chi connectivity index (χ4n) is 3.36. The topological polar surface area (TPSA) is 76.8 Å². The summed E-state index contributed by atoms with van der Waals surface area (Å²) in [6.07, 6.45) is 2.83. The zero-order valence-electron chi connectivity index (χ0n) is 17.2. The number of piperidine rings is 1. The Morgan fingerprint density at radius 2 is 1.87 bits per heavy atom. The smallest absolute Gasteiger partial charge is 0.255 e. The van der Waals surface area contributed by atoms with Crippen molar-refractivity contribution in [3.8, 4) is 5.75 Å². The molecule has 0 radical (unpaired) electrons. The van der Waals surface area contributed by atoms with Gasteiger partial charge < -0.3 is 25.4 Å². The number of nitrogens with zero attached hydrogens (tertiary/aromatic N) is 1. The highest BCUT2D eigenvalue weighted by atomic mass is 35.5. The average molecular weight is 456 g/mol. The molecule has 6 nitrogen and oxygen atoms in total. The van der Waals surface area contributed by atoms with Crippen molar-refractivity contribution in [3.63, 3.8) is 0 Å². The molecule has 2 aromatic carbocycles. The molecule has 8 heteroatoms. The van der Waals surface area contributed by atoms with Gasteiger partial charge in [0.25, 0.3) is 5.91 Å². The summed E-state index contributed by atoms with van der Waals surface area (Å²) in [5.74, 6) is 0.817. The highest BCUT2D eigenvalue weighted by Gasteiger charge is 2.25. The van der Waals surface area contributed by atoms with Crippen LogP contribution in [0.1, 0.15) is 29.6 Å². The molecule has 1 saturated heterocycles. The van der Waals surface area contributed by atoms with Crippen molar-refractivity contribution < 1.29 is 14.3 Å². The molecule has 1 aliphatic heterocycles. The fraction of sp³-hybridized carbons (Fsp3) is 0.409. The predicted octanol–water partition coefficient (Wildman–Crippen LogP) is 4.25. The summed E-state index contributed by atoms with van der Waals surface area (Å²) in [6.45, 7) is 2.76. The maximum absolute atomic E-state index is 13.1. The van der Waals surface area contributed by atoms with Crippen LogP contribution in [-0.2, 0) is 4.74 Å². The molecule has 1 fully saturated rings. The lowest BCUT2D eigenvalue weighted by atomic mass is 10.1. The molecule has 2 aromatic rings. The van der Waals surface area contributed by atoms with Crippen LogP contribution in [0.3, 0.4) is 0 Å². The van der Waals surface area contributed by atoms with E-state index in [9.17, 15) is 4.79 Å². The van der Waals surface area contributed by atoms with E-state index in [1.807, 2.05) is 53.4 Å². The Morgan fingerprint density at radius 1 is 1.13 bits per heavy atom. The highest BCUT2D eigenvalue weighted by Crippen LogP contribution is 2.26. The number of para-hydroxylation sites is 1. The van der Waals surface area contributed by atoms with Crippen molar-refractivity contribution >= 4 is 42.1 Å². The van der Waals surface area contributed by atoms with E-state index in [0.29, 0.717) is 31.8 Å². The van der Waals surface area contributed by atoms with Gasteiger partial charge in [-0.25, -0.2) is 0 Å². The van der Waals surface area contributed by atoms with Crippen molar-refractivity contribution in [2.75, 3.05) is 38.7 Å². The fourth-order valence-corrected chi connectivity index (χ4v) is 3.36. The molecule has 1 heterocycles. The van der Waals surface area contributed by atoms with Crippen molar-refractivity contribution in [2.45, 2.75) is 25.4 Å². The van der Waals surface area contributed by atoms with E-state index >= 15 is 0 Å². The first kappa shape index (κ1) is 26.0. The minimum Gasteiger partial charge on any atom is -0.497 e. The van der Waals surface area contributed by atoms with Crippen LogP contribution >= 0.6 is 24.8 Å². The SMILES string of the molecule is COc1cccc(Nc2ccccc2C(=O)N2CCC(OCCCN)CC2)c1.Cl.Cl. The number of methoxy groups -OCH3 is 1. The molecule has 1 amide bonds. The minimum atomic E-state index is 0. The van der Waals surface area contributed by atoms with Crippen LogP contribution in [0.5, 0.6) is 5.75 Å². The number of likely N-dealkylation sites (tertiary alicyclic amines) is 1. The van der Waals surface area contributed by atoms with E-state index in [1.54, 1.807) is 7.11 Å². The van der Waals surface area contributed by atoms with E-state index in [4.69, 9.17) is 15.2 Å². The summed E-state index contributed by atoms with van der Waals surface area (Å²) in [5.41, 5.74) is 7.86. The summed E-state index contributed by atoms with van der Waals surface area (Å²) in [4.78, 5) is 15.0. The lowest BCUT2D eigenvalue weighted by Gasteiger charge is -2.32. The highest BCUT2D eigenvalue weighted by molar-refractivity contribution is 6.00.